The fourth-order valence-electron chi connectivity index (χ4n) is 1.79. The summed E-state index contributed by atoms with van der Waals surface area (Å²) < 4.78 is 19.1. The van der Waals surface area contributed by atoms with Crippen LogP contribution >= 0.6 is 23.4 Å². The minimum Gasteiger partial charge on any atom is -0.416 e. The van der Waals surface area contributed by atoms with Crippen LogP contribution in [0.15, 0.2) is 27.8 Å². The fourth-order valence-corrected chi connectivity index (χ4v) is 2.64. The number of anilines is 1. The van der Waals surface area contributed by atoms with E-state index in [1.165, 1.54) is 12.1 Å². The number of carbonyl (C=O) groups excluding carboxylic acids is 1. The van der Waals surface area contributed by atoms with E-state index in [0.29, 0.717) is 17.0 Å². The lowest BCUT2D eigenvalue weighted by Crippen LogP contribution is -2.23. The van der Waals surface area contributed by atoms with Gasteiger partial charge in [-0.25, -0.2) is 4.39 Å². The molecule has 22 heavy (non-hydrogen) atoms. The van der Waals surface area contributed by atoms with Crippen molar-refractivity contribution in [1.29, 1.82) is 0 Å². The second-order valence-corrected chi connectivity index (χ2v) is 6.78. The zero-order chi connectivity index (χ0) is 15.7. The van der Waals surface area contributed by atoms with Crippen molar-refractivity contribution in [1.82, 2.24) is 10.2 Å². The molecule has 1 atom stereocenters. The molecule has 5 nitrogen and oxygen atoms in total. The minimum atomic E-state index is -0.577. The van der Waals surface area contributed by atoms with E-state index in [1.54, 1.807) is 6.92 Å². The van der Waals surface area contributed by atoms with E-state index in [0.717, 1.165) is 30.7 Å². The van der Waals surface area contributed by atoms with Crippen LogP contribution in [0.1, 0.15) is 31.6 Å². The average molecular weight is 342 g/mol. The molecule has 0 bridgehead atoms. The first-order valence-corrected chi connectivity index (χ1v) is 8.04. The van der Waals surface area contributed by atoms with Gasteiger partial charge in [0.2, 0.25) is 11.8 Å². The van der Waals surface area contributed by atoms with Crippen LogP contribution in [0.25, 0.3) is 0 Å². The molecule has 1 aliphatic rings. The highest BCUT2D eigenvalue weighted by Crippen LogP contribution is 2.40. The molecule has 1 aliphatic carbocycles. The second kappa shape index (κ2) is 6.26. The van der Waals surface area contributed by atoms with Gasteiger partial charge < -0.3 is 9.73 Å². The van der Waals surface area contributed by atoms with Gasteiger partial charge in [-0.3, -0.25) is 4.79 Å². The summed E-state index contributed by atoms with van der Waals surface area (Å²) in [5.41, 5.74) is 0.0889. The highest BCUT2D eigenvalue weighted by molar-refractivity contribution is 8.00. The molecular formula is C14H13ClFN3O2S. The lowest BCUT2D eigenvalue weighted by Gasteiger charge is -2.10. The van der Waals surface area contributed by atoms with Crippen molar-refractivity contribution in [3.63, 3.8) is 0 Å². The van der Waals surface area contributed by atoms with Crippen molar-refractivity contribution in [2.75, 3.05) is 5.32 Å². The third-order valence-electron chi connectivity index (χ3n) is 3.18. The summed E-state index contributed by atoms with van der Waals surface area (Å²) >= 11 is 6.82. The first-order valence-electron chi connectivity index (χ1n) is 6.79. The van der Waals surface area contributed by atoms with Gasteiger partial charge in [-0.05, 0) is 38.0 Å². The number of hydrogen-bond acceptors (Lipinski definition) is 5. The van der Waals surface area contributed by atoms with E-state index >= 15 is 0 Å². The number of aromatic nitrogens is 2. The maximum atomic E-state index is 13.7. The molecule has 8 heteroatoms. The molecule has 1 N–H and O–H groups in total. The largest absolute Gasteiger partial charge is 0.416 e. The molecule has 116 valence electrons. The molecule has 0 unspecified atom stereocenters. The Kier molecular flexibility index (Phi) is 4.35. The van der Waals surface area contributed by atoms with Gasteiger partial charge in [0.15, 0.2) is 0 Å². The van der Waals surface area contributed by atoms with Crippen molar-refractivity contribution >= 4 is 35.0 Å². The topological polar surface area (TPSA) is 68.0 Å². The first kappa shape index (κ1) is 15.3. The zero-order valence-corrected chi connectivity index (χ0v) is 13.2. The Morgan fingerprint density at radius 2 is 2.27 bits per heavy atom. The van der Waals surface area contributed by atoms with Crippen LogP contribution in [0.4, 0.5) is 10.1 Å². The van der Waals surface area contributed by atoms with Crippen LogP contribution in [0.3, 0.4) is 0 Å². The highest BCUT2D eigenvalue weighted by atomic mass is 35.5. The normalized spacial score (nSPS) is 15.6. The standard InChI is InChI=1S/C14H13ClFN3O2S/c1-7(22-14-19-18-13(21-14)8-2-3-8)12(20)17-11-5-4-9(15)6-10(11)16/h4-8H,2-3H2,1H3,(H,17,20)/t7-/m0/s1. The molecule has 1 saturated carbocycles. The summed E-state index contributed by atoms with van der Waals surface area (Å²) in [6.45, 7) is 1.69. The van der Waals surface area contributed by atoms with Crippen molar-refractivity contribution in [2.24, 2.45) is 0 Å². The van der Waals surface area contributed by atoms with Gasteiger partial charge in [0.25, 0.3) is 5.22 Å². The van der Waals surface area contributed by atoms with Gasteiger partial charge >= 0.3 is 0 Å². The number of benzene rings is 1. The Morgan fingerprint density at radius 3 is 2.95 bits per heavy atom. The predicted octanol–water partition coefficient (Wildman–Crippen LogP) is 3.86. The fraction of sp³-hybridized carbons (Fsp3) is 0.357. The Morgan fingerprint density at radius 1 is 1.50 bits per heavy atom. The Bertz CT molecular complexity index is 705. The molecule has 0 spiro atoms. The SMILES string of the molecule is C[C@H](Sc1nnc(C2CC2)o1)C(=O)Nc1ccc(Cl)cc1F. The molecule has 1 heterocycles. The number of rotatable bonds is 5. The van der Waals surface area contributed by atoms with Gasteiger partial charge in [0, 0.05) is 10.9 Å². The Hall–Kier alpha value is -1.60. The summed E-state index contributed by atoms with van der Waals surface area (Å²) in [5.74, 6) is 0.0669. The minimum absolute atomic E-state index is 0.0889. The first-order chi connectivity index (χ1) is 10.5. The summed E-state index contributed by atoms with van der Waals surface area (Å²) in [6, 6.07) is 4.08. The quantitative estimate of drug-likeness (QED) is 0.836. The van der Waals surface area contributed by atoms with Crippen LogP contribution in [0.2, 0.25) is 5.02 Å². The molecule has 0 saturated heterocycles. The van der Waals surface area contributed by atoms with E-state index in [2.05, 4.69) is 15.5 Å². The van der Waals surface area contributed by atoms with Gasteiger partial charge in [-0.15, -0.1) is 10.2 Å². The van der Waals surface area contributed by atoms with E-state index in [9.17, 15) is 9.18 Å². The number of nitrogens with zero attached hydrogens (tertiary/aromatic N) is 2. The molecule has 1 aromatic carbocycles. The monoisotopic (exact) mass is 341 g/mol. The van der Waals surface area contributed by atoms with Crippen LogP contribution in [-0.4, -0.2) is 21.4 Å². The van der Waals surface area contributed by atoms with E-state index < -0.39 is 11.1 Å². The summed E-state index contributed by atoms with van der Waals surface area (Å²) in [7, 11) is 0. The number of hydrogen-bond donors (Lipinski definition) is 1. The van der Waals surface area contributed by atoms with Crippen molar-refractivity contribution in [3.8, 4) is 0 Å². The number of carbonyl (C=O) groups is 1. The van der Waals surface area contributed by atoms with Gasteiger partial charge in [0.05, 0.1) is 10.9 Å². The van der Waals surface area contributed by atoms with Crippen LogP contribution in [-0.2, 0) is 4.79 Å². The highest BCUT2D eigenvalue weighted by Gasteiger charge is 2.30. The molecular weight excluding hydrogens is 329 g/mol. The molecule has 2 aromatic rings. The van der Waals surface area contributed by atoms with Gasteiger partial charge in [-0.1, -0.05) is 23.4 Å². The smallest absolute Gasteiger partial charge is 0.277 e. The second-order valence-electron chi connectivity index (χ2n) is 5.05. The number of thioether (sulfide) groups is 1. The Balaban J connectivity index is 1.60. The third-order valence-corrected chi connectivity index (χ3v) is 4.35. The third kappa shape index (κ3) is 3.59. The molecule has 0 aliphatic heterocycles. The van der Waals surface area contributed by atoms with E-state index in [4.69, 9.17) is 16.0 Å². The Labute approximate surface area is 135 Å². The molecule has 3 rings (SSSR count). The summed E-state index contributed by atoms with van der Waals surface area (Å²) in [4.78, 5) is 12.1. The molecule has 1 fully saturated rings. The maximum absolute atomic E-state index is 13.7. The van der Waals surface area contributed by atoms with Crippen LogP contribution in [0.5, 0.6) is 0 Å². The van der Waals surface area contributed by atoms with Crippen molar-refractivity contribution in [3.05, 3.63) is 34.9 Å². The van der Waals surface area contributed by atoms with E-state index in [-0.39, 0.29) is 16.6 Å². The summed E-state index contributed by atoms with van der Waals surface area (Å²) in [6.07, 6.45) is 2.14. The van der Waals surface area contributed by atoms with Crippen LogP contribution in [0, 0.1) is 5.82 Å². The zero-order valence-electron chi connectivity index (χ0n) is 11.7. The lowest BCUT2D eigenvalue weighted by atomic mass is 10.3. The molecule has 0 radical (unpaired) electrons. The number of nitrogens with one attached hydrogen (secondary N) is 1. The molecule has 1 aromatic heterocycles. The molecule has 1 amide bonds. The average Bonchev–Trinajstić information content (AvgIpc) is 3.22. The maximum Gasteiger partial charge on any atom is 0.277 e. The van der Waals surface area contributed by atoms with Crippen molar-refractivity contribution in [2.45, 2.75) is 36.2 Å². The lowest BCUT2D eigenvalue weighted by molar-refractivity contribution is -0.115. The van der Waals surface area contributed by atoms with Gasteiger partial charge in [0.1, 0.15) is 5.82 Å². The number of amides is 1. The predicted molar refractivity (Wildman–Crippen MR) is 81.6 cm³/mol. The summed E-state index contributed by atoms with van der Waals surface area (Å²) in [5, 5.41) is 10.5. The van der Waals surface area contributed by atoms with Gasteiger partial charge in [-0.2, -0.15) is 0 Å². The van der Waals surface area contributed by atoms with Crippen LogP contribution < -0.4 is 5.32 Å². The van der Waals surface area contributed by atoms with E-state index in [1.807, 2.05) is 0 Å². The van der Waals surface area contributed by atoms with Crippen molar-refractivity contribution < 1.29 is 13.6 Å². The number of halogens is 2.